The molecule has 1 aliphatic heterocycles. The number of halogens is 3. The minimum Gasteiger partial charge on any atom is -0.479 e. The summed E-state index contributed by atoms with van der Waals surface area (Å²) in [6.45, 7) is 0.623. The number of fused-ring (bicyclic) bond motifs is 4. The zero-order valence-electron chi connectivity index (χ0n) is 20.1. The summed E-state index contributed by atoms with van der Waals surface area (Å²) in [5.74, 6) is -0.678. The van der Waals surface area contributed by atoms with Crippen LogP contribution in [0.2, 0.25) is 5.02 Å². The Kier molecular flexibility index (Phi) is 6.34. The van der Waals surface area contributed by atoms with Gasteiger partial charge >= 0.3 is 6.11 Å². The number of Topliss-reactive ketones (excluding diaryl/α,β-unsaturated/α-hetero) is 1. The summed E-state index contributed by atoms with van der Waals surface area (Å²) in [5.41, 5.74) is -0.353. The fourth-order valence-electron chi connectivity index (χ4n) is 5.43. The molecule has 3 saturated carbocycles. The molecule has 3 fully saturated rings. The van der Waals surface area contributed by atoms with Gasteiger partial charge in [-0.1, -0.05) is 11.6 Å². The number of hydrogen-bond acceptors (Lipinski definition) is 6. The van der Waals surface area contributed by atoms with Gasteiger partial charge in [0.15, 0.2) is 11.9 Å². The SMILES string of the molecule is CC(F)(F)Oc1ccc(C(=O)NC23CCC(NC(=O)[C@H]4CC(=O)c5cc(Cl)ccc5O4)(CC2)CC3)nc1. The lowest BCUT2D eigenvalue weighted by Gasteiger charge is -2.54. The van der Waals surface area contributed by atoms with Crippen molar-refractivity contribution >= 4 is 29.2 Å². The summed E-state index contributed by atoms with van der Waals surface area (Å²) in [4.78, 5) is 42.4. The van der Waals surface area contributed by atoms with E-state index in [0.29, 0.717) is 61.8 Å². The number of benzene rings is 1. The molecule has 8 nitrogen and oxygen atoms in total. The first kappa shape index (κ1) is 25.4. The highest BCUT2D eigenvalue weighted by molar-refractivity contribution is 6.31. The van der Waals surface area contributed by atoms with Crippen LogP contribution in [0.1, 0.15) is 72.7 Å². The maximum absolute atomic E-state index is 13.1. The number of rotatable bonds is 6. The second-order valence-electron chi connectivity index (χ2n) is 10.2. The topological polar surface area (TPSA) is 107 Å². The molecule has 2 heterocycles. The minimum atomic E-state index is -3.34. The number of ether oxygens (including phenoxy) is 2. The molecule has 0 radical (unpaired) electrons. The van der Waals surface area contributed by atoms with E-state index in [2.05, 4.69) is 20.4 Å². The molecule has 6 rings (SSSR count). The second kappa shape index (κ2) is 9.24. The van der Waals surface area contributed by atoms with E-state index in [1.54, 1.807) is 18.2 Å². The summed E-state index contributed by atoms with van der Waals surface area (Å²) in [5, 5.41) is 6.64. The predicted molar refractivity (Wildman–Crippen MR) is 129 cm³/mol. The first-order valence-corrected chi connectivity index (χ1v) is 12.5. The van der Waals surface area contributed by atoms with Crippen LogP contribution in [-0.2, 0) is 4.79 Å². The Morgan fingerprint density at radius 1 is 1.08 bits per heavy atom. The standard InChI is InChI=1S/C26H26ClF2N3O5/c1-24(28,29)37-16-3-4-18(30-14-16)22(34)31-25-6-9-26(10-7-25,11-8-25)32-23(35)21-13-19(33)17-12-15(27)2-5-20(17)36-21/h2-5,12,14,21H,6-11,13H2,1H3,(H,31,34)(H,32,35)/t21-,25?,26?/m1/s1. The van der Waals surface area contributed by atoms with Crippen molar-refractivity contribution in [2.24, 2.45) is 0 Å². The van der Waals surface area contributed by atoms with Gasteiger partial charge in [0.2, 0.25) is 0 Å². The van der Waals surface area contributed by atoms with E-state index in [0.717, 1.165) is 6.20 Å². The minimum absolute atomic E-state index is 0.0536. The number of carbonyl (C=O) groups is 3. The first-order valence-electron chi connectivity index (χ1n) is 12.1. The van der Waals surface area contributed by atoms with E-state index >= 15 is 0 Å². The van der Waals surface area contributed by atoms with Crippen molar-refractivity contribution < 1.29 is 32.6 Å². The third-order valence-electron chi connectivity index (χ3n) is 7.45. The van der Waals surface area contributed by atoms with Crippen molar-refractivity contribution in [1.82, 2.24) is 15.6 Å². The molecule has 0 saturated heterocycles. The summed E-state index contributed by atoms with van der Waals surface area (Å²) in [6.07, 6.45) is 0.769. The molecule has 1 aromatic carbocycles. The molecule has 0 unspecified atom stereocenters. The van der Waals surface area contributed by atoms with Crippen molar-refractivity contribution in [3.05, 3.63) is 52.8 Å². The normalized spacial score (nSPS) is 26.6. The fourth-order valence-corrected chi connectivity index (χ4v) is 5.60. The third-order valence-corrected chi connectivity index (χ3v) is 7.69. The number of hydrogen-bond donors (Lipinski definition) is 2. The van der Waals surface area contributed by atoms with Crippen LogP contribution in [0.25, 0.3) is 0 Å². The average Bonchev–Trinajstić information content (AvgIpc) is 2.85. The Balaban J connectivity index is 1.18. The maximum Gasteiger partial charge on any atom is 0.394 e. The number of nitrogens with zero attached hydrogens (tertiary/aromatic N) is 1. The fraction of sp³-hybridized carbons (Fsp3) is 0.462. The zero-order valence-corrected chi connectivity index (χ0v) is 20.9. The van der Waals surface area contributed by atoms with Gasteiger partial charge in [0, 0.05) is 23.0 Å². The summed E-state index contributed by atoms with van der Waals surface area (Å²) < 4.78 is 36.3. The molecule has 37 heavy (non-hydrogen) atoms. The van der Waals surface area contributed by atoms with Crippen molar-refractivity contribution in [2.45, 2.75) is 75.2 Å². The first-order chi connectivity index (χ1) is 17.4. The van der Waals surface area contributed by atoms with Crippen molar-refractivity contribution in [3.63, 3.8) is 0 Å². The van der Waals surface area contributed by atoms with Gasteiger partial charge in [0.25, 0.3) is 11.8 Å². The van der Waals surface area contributed by atoms with Crippen LogP contribution >= 0.6 is 11.6 Å². The van der Waals surface area contributed by atoms with E-state index in [4.69, 9.17) is 16.3 Å². The molecule has 4 aliphatic rings. The predicted octanol–water partition coefficient (Wildman–Crippen LogP) is 4.45. The average molecular weight is 534 g/mol. The Labute approximate surface area is 217 Å². The van der Waals surface area contributed by atoms with Crippen LogP contribution in [0.3, 0.4) is 0 Å². The highest BCUT2D eigenvalue weighted by atomic mass is 35.5. The number of aromatic nitrogens is 1. The van der Waals surface area contributed by atoms with Crippen LogP contribution in [-0.4, -0.2) is 45.9 Å². The molecule has 2 N–H and O–H groups in total. The molecule has 3 aliphatic carbocycles. The number of carbonyl (C=O) groups excluding carboxylic acids is 3. The lowest BCUT2D eigenvalue weighted by Crippen LogP contribution is -2.65. The molecule has 2 bridgehead atoms. The van der Waals surface area contributed by atoms with Gasteiger partial charge in [-0.3, -0.25) is 14.4 Å². The Hall–Kier alpha value is -3.27. The van der Waals surface area contributed by atoms with E-state index in [1.807, 2.05) is 0 Å². The van der Waals surface area contributed by atoms with Gasteiger partial charge in [0.05, 0.1) is 18.2 Å². The number of ketones is 1. The highest BCUT2D eigenvalue weighted by Gasteiger charge is 2.51. The largest absolute Gasteiger partial charge is 0.479 e. The molecule has 2 amide bonds. The van der Waals surface area contributed by atoms with Gasteiger partial charge in [0.1, 0.15) is 17.2 Å². The quantitative estimate of drug-likeness (QED) is 0.568. The molecular formula is C26H26ClF2N3O5. The van der Waals surface area contributed by atoms with Crippen molar-refractivity contribution in [1.29, 1.82) is 0 Å². The third kappa shape index (κ3) is 5.39. The van der Waals surface area contributed by atoms with Gasteiger partial charge < -0.3 is 20.1 Å². The lowest BCUT2D eigenvalue weighted by atomic mass is 9.61. The van der Waals surface area contributed by atoms with Crippen LogP contribution in [0.15, 0.2) is 36.5 Å². The van der Waals surface area contributed by atoms with E-state index in [9.17, 15) is 23.2 Å². The van der Waals surface area contributed by atoms with E-state index < -0.39 is 23.3 Å². The van der Waals surface area contributed by atoms with Crippen LogP contribution in [0.4, 0.5) is 8.78 Å². The molecule has 1 aromatic heterocycles. The van der Waals surface area contributed by atoms with Gasteiger partial charge in [-0.05, 0) is 68.9 Å². The van der Waals surface area contributed by atoms with Crippen LogP contribution < -0.4 is 20.1 Å². The smallest absolute Gasteiger partial charge is 0.394 e. The summed E-state index contributed by atoms with van der Waals surface area (Å²) in [7, 11) is 0. The molecule has 11 heteroatoms. The molecule has 196 valence electrons. The van der Waals surface area contributed by atoms with Crippen molar-refractivity contribution in [3.8, 4) is 11.5 Å². The molecule has 0 spiro atoms. The summed E-state index contributed by atoms with van der Waals surface area (Å²) in [6, 6.07) is 7.39. The maximum atomic E-state index is 13.1. The Morgan fingerprint density at radius 2 is 1.73 bits per heavy atom. The Bertz CT molecular complexity index is 1220. The van der Waals surface area contributed by atoms with E-state index in [1.165, 1.54) is 12.1 Å². The van der Waals surface area contributed by atoms with Gasteiger partial charge in [-0.25, -0.2) is 4.98 Å². The number of nitrogens with one attached hydrogen (secondary N) is 2. The molecule has 2 aromatic rings. The van der Waals surface area contributed by atoms with E-state index in [-0.39, 0.29) is 35.5 Å². The van der Waals surface area contributed by atoms with Crippen LogP contribution in [0.5, 0.6) is 11.5 Å². The molecular weight excluding hydrogens is 508 g/mol. The van der Waals surface area contributed by atoms with Crippen molar-refractivity contribution in [2.75, 3.05) is 0 Å². The number of alkyl halides is 2. The van der Waals surface area contributed by atoms with Gasteiger partial charge in [-0.2, -0.15) is 8.78 Å². The number of pyridine rings is 1. The monoisotopic (exact) mass is 533 g/mol. The van der Waals surface area contributed by atoms with Crippen LogP contribution in [0, 0.1) is 0 Å². The lowest BCUT2D eigenvalue weighted by molar-refractivity contribution is -0.159. The zero-order chi connectivity index (χ0) is 26.4. The summed E-state index contributed by atoms with van der Waals surface area (Å²) >= 11 is 5.97. The number of amides is 2. The highest BCUT2D eigenvalue weighted by Crippen LogP contribution is 2.47. The molecule has 1 atom stereocenters. The Morgan fingerprint density at radius 3 is 2.32 bits per heavy atom. The second-order valence-corrected chi connectivity index (χ2v) is 10.6. The van der Waals surface area contributed by atoms with Gasteiger partial charge in [-0.15, -0.1) is 0 Å².